The number of benzene rings is 1. The quantitative estimate of drug-likeness (QED) is 0.347. The highest BCUT2D eigenvalue weighted by molar-refractivity contribution is 6.30. The maximum atomic E-state index is 14.1. The smallest absolute Gasteiger partial charge is 0.416 e. The first-order valence-corrected chi connectivity index (χ1v) is 12.8. The highest BCUT2D eigenvalue weighted by Gasteiger charge is 2.49. The molecule has 2 aliphatic rings. The predicted octanol–water partition coefficient (Wildman–Crippen LogP) is 6.42. The van der Waals surface area contributed by atoms with Crippen LogP contribution in [0.1, 0.15) is 57.4 Å². The fourth-order valence-corrected chi connectivity index (χ4v) is 5.12. The molecule has 2 fully saturated rings. The van der Waals surface area contributed by atoms with Crippen molar-refractivity contribution >= 4 is 29.5 Å². The zero-order valence-electron chi connectivity index (χ0n) is 21.7. The zero-order chi connectivity index (χ0) is 28.3. The molecule has 0 bridgehead atoms. The Kier molecular flexibility index (Phi) is 6.52. The van der Waals surface area contributed by atoms with Crippen molar-refractivity contribution in [2.75, 3.05) is 16.8 Å². The molecule has 13 heteroatoms. The van der Waals surface area contributed by atoms with E-state index in [2.05, 4.69) is 20.3 Å². The van der Waals surface area contributed by atoms with Crippen LogP contribution in [-0.4, -0.2) is 44.4 Å². The fraction of sp³-hybridized carbons (Fsp3) is 0.462. The second kappa shape index (κ2) is 9.35. The number of aromatic nitrogens is 4. The lowest BCUT2D eigenvalue weighted by Crippen LogP contribution is -2.39. The van der Waals surface area contributed by atoms with Crippen molar-refractivity contribution in [3.8, 4) is 5.69 Å². The number of cyclic esters (lactones) is 1. The van der Waals surface area contributed by atoms with Crippen molar-refractivity contribution < 1.29 is 27.1 Å². The Morgan fingerprint density at radius 3 is 2.49 bits per heavy atom. The van der Waals surface area contributed by atoms with Gasteiger partial charge in [-0.25, -0.2) is 19.2 Å². The Hall–Kier alpha value is -3.41. The first-order valence-electron chi connectivity index (χ1n) is 12.4. The Morgan fingerprint density at radius 2 is 1.87 bits per heavy atom. The van der Waals surface area contributed by atoms with Crippen molar-refractivity contribution in [2.24, 2.45) is 0 Å². The minimum Gasteiger partial charge on any atom is -0.447 e. The van der Waals surface area contributed by atoms with Crippen LogP contribution in [-0.2, 0) is 21.9 Å². The van der Waals surface area contributed by atoms with Crippen LogP contribution in [0.2, 0.25) is 5.15 Å². The predicted molar refractivity (Wildman–Crippen MR) is 137 cm³/mol. The van der Waals surface area contributed by atoms with Gasteiger partial charge in [-0.15, -0.1) is 0 Å². The lowest BCUT2D eigenvalue weighted by molar-refractivity contribution is -0.138. The van der Waals surface area contributed by atoms with Crippen LogP contribution < -0.4 is 10.2 Å². The number of nitrogens with one attached hydrogen (secondary N) is 1. The van der Waals surface area contributed by atoms with Crippen molar-refractivity contribution in [3.63, 3.8) is 0 Å². The lowest BCUT2D eigenvalue weighted by Gasteiger charge is -2.25. The molecule has 2 aromatic heterocycles. The van der Waals surface area contributed by atoms with E-state index in [-0.39, 0.29) is 34.8 Å². The third-order valence-electron chi connectivity index (χ3n) is 6.98. The van der Waals surface area contributed by atoms with E-state index in [1.54, 1.807) is 26.8 Å². The summed E-state index contributed by atoms with van der Waals surface area (Å²) in [6.45, 7) is 6.43. The number of halogens is 5. The summed E-state index contributed by atoms with van der Waals surface area (Å²) in [6.07, 6.45) is -2.54. The number of carbonyl (C=O) groups excluding carboxylic acids is 1. The molecule has 1 aromatic carbocycles. The van der Waals surface area contributed by atoms with Gasteiger partial charge in [-0.1, -0.05) is 38.4 Å². The van der Waals surface area contributed by atoms with Gasteiger partial charge in [-0.3, -0.25) is 9.47 Å². The first-order chi connectivity index (χ1) is 18.2. The van der Waals surface area contributed by atoms with Crippen LogP contribution >= 0.6 is 11.6 Å². The maximum Gasteiger partial charge on any atom is 0.416 e. The SMILES string of the molecule is C[C@H](F)[C@H]1COC(=O)N1c1ccnc(NC2(c3ncn(-c4ccc(C(C)(C)C)c(C(F)(F)F)c4)c3Cl)CC2)n1. The molecule has 5 rings (SSSR count). The third kappa shape index (κ3) is 5.02. The summed E-state index contributed by atoms with van der Waals surface area (Å²) >= 11 is 6.68. The van der Waals surface area contributed by atoms with Crippen molar-refractivity contribution in [3.05, 3.63) is 58.8 Å². The number of ether oxygens (including phenoxy) is 1. The molecule has 0 spiro atoms. The largest absolute Gasteiger partial charge is 0.447 e. The number of hydrogen-bond acceptors (Lipinski definition) is 6. The Morgan fingerprint density at radius 1 is 1.15 bits per heavy atom. The molecule has 3 aromatic rings. The van der Waals surface area contributed by atoms with E-state index in [9.17, 15) is 22.4 Å². The molecule has 1 N–H and O–H groups in total. The number of alkyl halides is 4. The molecule has 39 heavy (non-hydrogen) atoms. The number of hydrogen-bond donors (Lipinski definition) is 1. The normalized spacial score (nSPS) is 19.7. The molecule has 1 aliphatic heterocycles. The first kappa shape index (κ1) is 27.2. The second-order valence-corrected chi connectivity index (χ2v) is 11.2. The lowest BCUT2D eigenvalue weighted by atomic mass is 9.83. The van der Waals surface area contributed by atoms with Crippen LogP contribution in [0.15, 0.2) is 36.8 Å². The van der Waals surface area contributed by atoms with Gasteiger partial charge in [0, 0.05) is 11.9 Å². The summed E-state index contributed by atoms with van der Waals surface area (Å²) in [7, 11) is 0. The van der Waals surface area contributed by atoms with Crippen LogP contribution in [0, 0.1) is 0 Å². The van der Waals surface area contributed by atoms with Crippen LogP contribution in [0.5, 0.6) is 0 Å². The molecule has 208 valence electrons. The van der Waals surface area contributed by atoms with Gasteiger partial charge in [0.15, 0.2) is 0 Å². The minimum absolute atomic E-state index is 0.0902. The summed E-state index contributed by atoms with van der Waals surface area (Å²) < 4.78 is 62.2. The van der Waals surface area contributed by atoms with Crippen molar-refractivity contribution in [1.82, 2.24) is 19.5 Å². The Bertz CT molecular complexity index is 1410. The van der Waals surface area contributed by atoms with Crippen molar-refractivity contribution in [1.29, 1.82) is 0 Å². The van der Waals surface area contributed by atoms with E-state index in [4.69, 9.17) is 16.3 Å². The van der Waals surface area contributed by atoms with Gasteiger partial charge in [0.1, 0.15) is 41.8 Å². The zero-order valence-corrected chi connectivity index (χ0v) is 22.4. The average molecular weight is 567 g/mol. The molecule has 1 saturated heterocycles. The number of carbonyl (C=O) groups is 1. The molecule has 1 amide bonds. The number of amides is 1. The molecule has 1 aliphatic carbocycles. The molecule has 2 atom stereocenters. The van der Waals surface area contributed by atoms with Gasteiger partial charge in [0.25, 0.3) is 0 Å². The van der Waals surface area contributed by atoms with Crippen LogP contribution in [0.3, 0.4) is 0 Å². The standard InChI is InChI=1S/C26H27ClF4N6O2/c1-14(28)18-12-39-23(38)37(18)19-7-10-32-22(34-19)35-25(8-9-25)20-21(27)36(13-33-20)15-5-6-16(24(2,3)4)17(11-15)26(29,30)31/h5-7,10-11,13-14,18H,8-9,12H2,1-4H3,(H,32,34,35)/t14-,18+/m0/s1. The van der Waals surface area contributed by atoms with Gasteiger partial charge in [0.05, 0.1) is 11.1 Å². The number of anilines is 2. The van der Waals surface area contributed by atoms with Gasteiger partial charge in [0.2, 0.25) is 5.95 Å². The van der Waals surface area contributed by atoms with E-state index in [1.807, 2.05) is 0 Å². The van der Waals surface area contributed by atoms with Crippen LogP contribution in [0.25, 0.3) is 5.69 Å². The van der Waals surface area contributed by atoms with Gasteiger partial charge in [-0.2, -0.15) is 18.2 Å². The average Bonchev–Trinajstić information content (AvgIpc) is 3.33. The van der Waals surface area contributed by atoms with Crippen LogP contribution in [0.4, 0.5) is 34.1 Å². The van der Waals surface area contributed by atoms with Gasteiger partial charge >= 0.3 is 12.3 Å². The van der Waals surface area contributed by atoms with E-state index in [0.29, 0.717) is 18.5 Å². The monoisotopic (exact) mass is 566 g/mol. The molecular formula is C26H27ClF4N6O2. The number of nitrogens with zero attached hydrogens (tertiary/aromatic N) is 5. The van der Waals surface area contributed by atoms with Gasteiger partial charge in [-0.05, 0) is 48.9 Å². The minimum atomic E-state index is -4.54. The molecule has 0 radical (unpaired) electrons. The van der Waals surface area contributed by atoms with E-state index in [1.165, 1.54) is 36.1 Å². The summed E-state index contributed by atoms with van der Waals surface area (Å²) in [5.41, 5.74) is -1.35. The molecule has 8 nitrogen and oxygen atoms in total. The Labute approximate surface area is 227 Å². The third-order valence-corrected chi connectivity index (χ3v) is 7.34. The maximum absolute atomic E-state index is 14.1. The summed E-state index contributed by atoms with van der Waals surface area (Å²) in [4.78, 5) is 26.4. The highest BCUT2D eigenvalue weighted by Crippen LogP contribution is 2.50. The molecule has 1 saturated carbocycles. The summed E-state index contributed by atoms with van der Waals surface area (Å²) in [5.74, 6) is 0.338. The second-order valence-electron chi connectivity index (χ2n) is 10.9. The van der Waals surface area contributed by atoms with E-state index >= 15 is 0 Å². The topological polar surface area (TPSA) is 85.2 Å². The molecule has 3 heterocycles. The molecule has 0 unspecified atom stereocenters. The highest BCUT2D eigenvalue weighted by atomic mass is 35.5. The Balaban J connectivity index is 1.44. The van der Waals surface area contributed by atoms with E-state index in [0.717, 1.165) is 11.0 Å². The fourth-order valence-electron chi connectivity index (χ4n) is 4.75. The van der Waals surface area contributed by atoms with Crippen molar-refractivity contribution in [2.45, 2.75) is 69.9 Å². The summed E-state index contributed by atoms with van der Waals surface area (Å²) in [6, 6.07) is 4.80. The number of rotatable bonds is 6. The summed E-state index contributed by atoms with van der Waals surface area (Å²) in [5, 5.41) is 3.36. The van der Waals surface area contributed by atoms with Gasteiger partial charge < -0.3 is 10.1 Å². The van der Waals surface area contributed by atoms with E-state index < -0.39 is 41.0 Å². The molecular weight excluding hydrogens is 540 g/mol. The number of imidazole rings is 1.